The first-order valence-electron chi connectivity index (χ1n) is 20.5. The second-order valence-corrected chi connectivity index (χ2v) is 20.7. The van der Waals surface area contributed by atoms with Crippen molar-refractivity contribution in [3.05, 3.63) is 96.1 Å². The number of hydrogen-bond donors (Lipinski definition) is 8. The number of morpholine rings is 2. The van der Waals surface area contributed by atoms with Crippen LogP contribution in [-0.2, 0) is 49.9 Å². The summed E-state index contributed by atoms with van der Waals surface area (Å²) >= 11 is 0. The van der Waals surface area contributed by atoms with Crippen molar-refractivity contribution in [3.8, 4) is 0 Å². The van der Waals surface area contributed by atoms with E-state index < -0.39 is 50.3 Å². The van der Waals surface area contributed by atoms with Crippen LogP contribution in [0, 0.1) is 0 Å². The molecule has 34 heteroatoms. The topological polar surface area (TPSA) is 368 Å². The SMILES string of the molecule is O=S(=O)(O)c1ccc(Nc2nc(Nc3ccc(/C=C/c4ccc(Nc5nc(Nc6ccc(S(=O)(=O)O)cc6)nc(N6CCOCC6)n5)cc4S(=O)(=O)O)c(S(=O)(=O)O)c3)nc(N3CCOCC3)n2)cc1.[Na].[Na].[Na].[Na]. The van der Waals surface area contributed by atoms with E-state index in [-0.39, 0.29) is 186 Å². The van der Waals surface area contributed by atoms with Crippen LogP contribution in [0.5, 0.6) is 0 Å². The molecular formula is C40H40N12Na4O14S4. The van der Waals surface area contributed by atoms with Crippen LogP contribution in [0.3, 0.4) is 0 Å². The van der Waals surface area contributed by atoms with Crippen LogP contribution in [0.25, 0.3) is 12.2 Å². The molecule has 0 amide bonds. The molecule has 8 rings (SSSR count). The largest absolute Gasteiger partial charge is 0.378 e. The van der Waals surface area contributed by atoms with Crippen LogP contribution < -0.4 is 31.1 Å². The van der Waals surface area contributed by atoms with Crippen molar-refractivity contribution in [1.29, 1.82) is 0 Å². The predicted octanol–water partition coefficient (Wildman–Crippen LogP) is 2.34. The molecule has 26 nitrogen and oxygen atoms in total. The third kappa shape index (κ3) is 17.2. The van der Waals surface area contributed by atoms with E-state index in [9.17, 15) is 51.9 Å². The van der Waals surface area contributed by atoms with E-state index in [1.54, 1.807) is 0 Å². The minimum atomic E-state index is -4.95. The van der Waals surface area contributed by atoms with E-state index >= 15 is 0 Å². The van der Waals surface area contributed by atoms with Crippen LogP contribution in [0.4, 0.5) is 58.4 Å². The molecular weight excluding hydrogens is 1090 g/mol. The van der Waals surface area contributed by atoms with Gasteiger partial charge in [-0.05, 0) is 83.9 Å². The second-order valence-electron chi connectivity index (χ2n) is 15.1. The molecule has 0 atom stereocenters. The Morgan fingerprint density at radius 2 is 0.689 bits per heavy atom. The maximum Gasteiger partial charge on any atom is 0.295 e. The summed E-state index contributed by atoms with van der Waals surface area (Å²) in [5, 5.41) is 11.7. The maximum atomic E-state index is 12.8. The molecule has 0 saturated carbocycles. The Morgan fingerprint density at radius 3 is 0.973 bits per heavy atom. The average Bonchev–Trinajstić information content (AvgIpc) is 3.31. The van der Waals surface area contributed by atoms with E-state index in [4.69, 9.17) is 9.47 Å². The smallest absolute Gasteiger partial charge is 0.295 e. The Hall–Kier alpha value is -3.00. The molecule has 2 aliphatic rings. The van der Waals surface area contributed by atoms with Gasteiger partial charge in [-0.3, -0.25) is 18.2 Å². The van der Waals surface area contributed by atoms with Crippen LogP contribution in [0.2, 0.25) is 0 Å². The average molecular weight is 1130 g/mol. The standard InChI is InChI=1S/C40H40N12O14S4.4Na/c53-67(54,55)31-11-7-27(8-12-31)41-35-45-37(49-39(47-35)51-15-19-65-20-16-51)43-29-5-3-25(33(23-29)69(59,60)61)1-2-26-4-6-30(24-34(26)70(62,63)64)44-38-46-36(48-40(50-38)52-17-21-66-22-18-52)42-28-9-13-32(14-10-28)68(56,57)58;;;;/h1-14,23-24H,15-22H2,(H,53,54,55)(H,56,57,58)(H,59,60,61)(H,62,63,64)(H2,41,43,45,47,49)(H2,42,44,46,48,50);;;;/b2-1+;;;;. The van der Waals surface area contributed by atoms with Gasteiger partial charge in [0.15, 0.2) is 0 Å². The van der Waals surface area contributed by atoms with Gasteiger partial charge in [-0.25, -0.2) is 0 Å². The molecule has 2 aliphatic heterocycles. The summed E-state index contributed by atoms with van der Waals surface area (Å²) in [6.07, 6.45) is 2.42. The van der Waals surface area contributed by atoms with Gasteiger partial charge >= 0.3 is 0 Å². The number of benzene rings is 4. The van der Waals surface area contributed by atoms with E-state index in [1.165, 1.54) is 84.9 Å². The van der Waals surface area contributed by atoms with Crippen molar-refractivity contribution in [2.45, 2.75) is 19.6 Å². The number of nitrogens with zero attached hydrogens (tertiary/aromatic N) is 8. The van der Waals surface area contributed by atoms with Crippen molar-refractivity contribution in [2.75, 3.05) is 83.7 Å². The van der Waals surface area contributed by atoms with E-state index in [2.05, 4.69) is 51.2 Å². The summed E-state index contributed by atoms with van der Waals surface area (Å²) in [6.45, 7) is 3.24. The van der Waals surface area contributed by atoms with Gasteiger partial charge in [0.05, 0.1) is 36.2 Å². The van der Waals surface area contributed by atoms with Crippen molar-refractivity contribution in [1.82, 2.24) is 29.9 Å². The monoisotopic (exact) mass is 1130 g/mol. The first-order valence-corrected chi connectivity index (χ1v) is 26.2. The van der Waals surface area contributed by atoms with E-state index in [0.717, 1.165) is 12.1 Å². The number of nitrogens with one attached hydrogen (secondary N) is 4. The first kappa shape index (κ1) is 63.5. The van der Waals surface area contributed by atoms with Crippen molar-refractivity contribution in [2.24, 2.45) is 0 Å². The summed E-state index contributed by atoms with van der Waals surface area (Å²) in [6, 6.07) is 17.8. The zero-order valence-electron chi connectivity index (χ0n) is 40.0. The minimum absolute atomic E-state index is 0. The third-order valence-corrected chi connectivity index (χ3v) is 13.7. The van der Waals surface area contributed by atoms with Gasteiger partial charge in [0, 0.05) is 167 Å². The summed E-state index contributed by atoms with van der Waals surface area (Å²) in [5.41, 5.74) is 0.688. The Kier molecular flexibility index (Phi) is 23.2. The van der Waals surface area contributed by atoms with Crippen molar-refractivity contribution < 1.29 is 61.4 Å². The molecule has 2 aromatic heterocycles. The molecule has 4 heterocycles. The molecule has 6 aromatic rings. The number of anilines is 10. The van der Waals surface area contributed by atoms with Crippen molar-refractivity contribution in [3.63, 3.8) is 0 Å². The fourth-order valence-corrected chi connectivity index (χ4v) is 9.21. The number of ether oxygens (including phenoxy) is 2. The zero-order valence-corrected chi connectivity index (χ0v) is 51.2. The summed E-state index contributed by atoms with van der Waals surface area (Å²) in [5.74, 6) is 0.280. The molecule has 0 aliphatic carbocycles. The Balaban J connectivity index is 0.00000296. The quantitative estimate of drug-likeness (QED) is 0.0392. The molecule has 0 bridgehead atoms. The first-order chi connectivity index (χ1) is 33.1. The Bertz CT molecular complexity index is 3210. The van der Waals surface area contributed by atoms with Gasteiger partial charge in [-0.15, -0.1) is 0 Å². The Labute approximate surface area is 513 Å². The minimum Gasteiger partial charge on any atom is -0.378 e. The van der Waals surface area contributed by atoms with Crippen LogP contribution >= 0.6 is 0 Å². The van der Waals surface area contributed by atoms with Gasteiger partial charge in [-0.1, -0.05) is 24.3 Å². The number of aromatic nitrogens is 6. The zero-order chi connectivity index (χ0) is 49.8. The molecule has 0 spiro atoms. The number of hydrogen-bond acceptors (Lipinski definition) is 22. The fourth-order valence-electron chi connectivity index (χ4n) is 6.83. The molecule has 4 aromatic carbocycles. The number of rotatable bonds is 16. The van der Waals surface area contributed by atoms with Gasteiger partial charge in [-0.2, -0.15) is 63.6 Å². The molecule has 2 saturated heterocycles. The summed E-state index contributed by atoms with van der Waals surface area (Å²) < 4.78 is 148. The molecule has 2 fully saturated rings. The fraction of sp³-hybridized carbons (Fsp3) is 0.200. The molecule has 4 radical (unpaired) electrons. The van der Waals surface area contributed by atoms with Crippen LogP contribution in [0.15, 0.2) is 105 Å². The summed E-state index contributed by atoms with van der Waals surface area (Å²) in [7, 11) is -18.8. The molecule has 8 N–H and O–H groups in total. The van der Waals surface area contributed by atoms with Gasteiger partial charge in [0.1, 0.15) is 9.79 Å². The predicted molar refractivity (Wildman–Crippen MR) is 276 cm³/mol. The second kappa shape index (κ2) is 27.0. The van der Waals surface area contributed by atoms with E-state index in [1.807, 2.05) is 9.80 Å². The normalized spacial score (nSPS) is 14.1. The van der Waals surface area contributed by atoms with Gasteiger partial charge in [0.25, 0.3) is 40.5 Å². The van der Waals surface area contributed by atoms with Gasteiger partial charge < -0.3 is 40.5 Å². The van der Waals surface area contributed by atoms with Crippen LogP contribution in [0.1, 0.15) is 11.1 Å². The molecule has 74 heavy (non-hydrogen) atoms. The Morgan fingerprint density at radius 1 is 0.405 bits per heavy atom. The summed E-state index contributed by atoms with van der Waals surface area (Å²) in [4.78, 5) is 28.4. The van der Waals surface area contributed by atoms with Crippen molar-refractivity contribution >= 4 is 229 Å². The molecule has 0 unspecified atom stereocenters. The van der Waals surface area contributed by atoms with Crippen LogP contribution in [-0.4, -0.2) is 253 Å². The maximum absolute atomic E-state index is 12.8. The van der Waals surface area contributed by atoms with Gasteiger partial charge in [0.2, 0.25) is 35.7 Å². The third-order valence-electron chi connectivity index (χ3n) is 10.2. The van der Waals surface area contributed by atoms with E-state index in [0.29, 0.717) is 64.0 Å². The molecule has 372 valence electrons.